The van der Waals surface area contributed by atoms with Crippen LogP contribution in [0.25, 0.3) is 16.5 Å². The van der Waals surface area contributed by atoms with E-state index in [2.05, 4.69) is 11.2 Å². The minimum absolute atomic E-state index is 0.140. The summed E-state index contributed by atoms with van der Waals surface area (Å²) in [5, 5.41) is 14.5. The van der Waals surface area contributed by atoms with Crippen LogP contribution >= 0.6 is 0 Å². The van der Waals surface area contributed by atoms with Crippen LogP contribution in [-0.4, -0.2) is 28.8 Å². The number of carbonyl (C=O) groups is 1. The number of nitriles is 1. The number of rotatable bonds is 7. The molecule has 1 heterocycles. The zero-order chi connectivity index (χ0) is 23.2. The molecule has 0 atom stereocenters. The summed E-state index contributed by atoms with van der Waals surface area (Å²) in [4.78, 5) is 28.4. The quantitative estimate of drug-likeness (QED) is 0.428. The number of nitrogens with zero attached hydrogens (tertiary/aromatic N) is 4. The summed E-state index contributed by atoms with van der Waals surface area (Å²) in [5.74, 6) is 0.297. The van der Waals surface area contributed by atoms with Gasteiger partial charge in [-0.2, -0.15) is 15.0 Å². The van der Waals surface area contributed by atoms with E-state index < -0.39 is 5.91 Å². The first-order valence-corrected chi connectivity index (χ1v) is 10.6. The molecule has 0 aliphatic rings. The molecule has 4 aromatic rings. The van der Waals surface area contributed by atoms with Gasteiger partial charge < -0.3 is 9.64 Å². The van der Waals surface area contributed by atoms with E-state index in [9.17, 15) is 9.59 Å². The predicted molar refractivity (Wildman–Crippen MR) is 127 cm³/mol. The Bertz CT molecular complexity index is 1370. The number of anilines is 1. The molecule has 7 nitrogen and oxygen atoms in total. The van der Waals surface area contributed by atoms with E-state index in [-0.39, 0.29) is 24.2 Å². The fourth-order valence-corrected chi connectivity index (χ4v) is 3.62. The van der Waals surface area contributed by atoms with Crippen molar-refractivity contribution >= 4 is 22.4 Å². The Balaban J connectivity index is 1.86. The van der Waals surface area contributed by atoms with Crippen molar-refractivity contribution in [2.75, 3.05) is 18.1 Å². The van der Waals surface area contributed by atoms with Crippen LogP contribution in [0.15, 0.2) is 83.7 Å². The largest absolute Gasteiger partial charge is 0.494 e. The lowest BCUT2D eigenvalue weighted by Crippen LogP contribution is -2.35. The maximum absolute atomic E-state index is 13.8. The Morgan fingerprint density at radius 1 is 1.00 bits per heavy atom. The predicted octanol–water partition coefficient (Wildman–Crippen LogP) is 4.34. The third-order valence-electron chi connectivity index (χ3n) is 5.16. The van der Waals surface area contributed by atoms with Gasteiger partial charge in [0, 0.05) is 17.6 Å². The number of aromatic nitrogens is 2. The van der Waals surface area contributed by atoms with Crippen molar-refractivity contribution in [2.45, 2.75) is 13.3 Å². The normalized spacial score (nSPS) is 10.5. The molecule has 0 spiro atoms. The van der Waals surface area contributed by atoms with Gasteiger partial charge in [-0.1, -0.05) is 36.4 Å². The van der Waals surface area contributed by atoms with E-state index >= 15 is 0 Å². The SMILES string of the molecule is CCOc1ccc(N(CCC#N)C(=O)c2nn(-c3ccccc3)c(=O)c3ccccc23)cc1. The van der Waals surface area contributed by atoms with Gasteiger partial charge >= 0.3 is 0 Å². The van der Waals surface area contributed by atoms with Crippen LogP contribution in [0.1, 0.15) is 23.8 Å². The lowest BCUT2D eigenvalue weighted by Gasteiger charge is -2.23. The highest BCUT2D eigenvalue weighted by atomic mass is 16.5. The fraction of sp³-hybridized carbons (Fsp3) is 0.154. The number of carbonyl (C=O) groups excluding carboxylic acids is 1. The zero-order valence-electron chi connectivity index (χ0n) is 18.1. The highest BCUT2D eigenvalue weighted by Crippen LogP contribution is 2.24. The lowest BCUT2D eigenvalue weighted by molar-refractivity contribution is 0.0983. The van der Waals surface area contributed by atoms with E-state index in [4.69, 9.17) is 10.00 Å². The summed E-state index contributed by atoms with van der Waals surface area (Å²) in [7, 11) is 0. The van der Waals surface area contributed by atoms with Gasteiger partial charge in [-0.15, -0.1) is 0 Å². The second-order valence-electron chi connectivity index (χ2n) is 7.24. The molecule has 0 aliphatic heterocycles. The maximum atomic E-state index is 13.8. The lowest BCUT2D eigenvalue weighted by atomic mass is 10.1. The fourth-order valence-electron chi connectivity index (χ4n) is 3.62. The monoisotopic (exact) mass is 438 g/mol. The van der Waals surface area contributed by atoms with Crippen LogP contribution in [0.3, 0.4) is 0 Å². The minimum Gasteiger partial charge on any atom is -0.494 e. The summed E-state index contributed by atoms with van der Waals surface area (Å²) in [6.07, 6.45) is 0.148. The van der Waals surface area contributed by atoms with Crippen LogP contribution in [0.4, 0.5) is 5.69 Å². The average Bonchev–Trinajstić information content (AvgIpc) is 2.86. The molecule has 0 radical (unpaired) electrons. The van der Waals surface area contributed by atoms with Crippen molar-refractivity contribution in [3.8, 4) is 17.5 Å². The van der Waals surface area contributed by atoms with Gasteiger partial charge in [-0.25, -0.2) is 0 Å². The van der Waals surface area contributed by atoms with E-state index in [0.29, 0.717) is 34.5 Å². The van der Waals surface area contributed by atoms with Crippen LogP contribution in [0, 0.1) is 11.3 Å². The molecule has 0 fully saturated rings. The van der Waals surface area contributed by atoms with Crippen LogP contribution in [0.2, 0.25) is 0 Å². The molecule has 0 aliphatic carbocycles. The van der Waals surface area contributed by atoms with Crippen molar-refractivity contribution in [1.29, 1.82) is 5.26 Å². The highest BCUT2D eigenvalue weighted by molar-refractivity contribution is 6.12. The van der Waals surface area contributed by atoms with Crippen LogP contribution in [-0.2, 0) is 0 Å². The number of amides is 1. The second-order valence-corrected chi connectivity index (χ2v) is 7.24. The van der Waals surface area contributed by atoms with Gasteiger partial charge in [0.2, 0.25) is 0 Å². The first kappa shape index (κ1) is 21.8. The topological polar surface area (TPSA) is 88.2 Å². The molecule has 4 rings (SSSR count). The number of benzene rings is 3. The van der Waals surface area contributed by atoms with Crippen LogP contribution < -0.4 is 15.2 Å². The van der Waals surface area contributed by atoms with Crippen molar-refractivity contribution in [2.24, 2.45) is 0 Å². The molecule has 164 valence electrons. The molecule has 33 heavy (non-hydrogen) atoms. The molecular weight excluding hydrogens is 416 g/mol. The molecular formula is C26H22N4O3. The molecule has 7 heteroatoms. The number of hydrogen-bond donors (Lipinski definition) is 0. The van der Waals surface area contributed by atoms with Gasteiger partial charge in [-0.05, 0) is 49.4 Å². The summed E-state index contributed by atoms with van der Waals surface area (Å²) in [5.41, 5.74) is 1.01. The van der Waals surface area contributed by atoms with E-state index in [1.54, 1.807) is 72.8 Å². The summed E-state index contributed by atoms with van der Waals surface area (Å²) < 4.78 is 6.74. The second kappa shape index (κ2) is 9.79. The number of hydrogen-bond acceptors (Lipinski definition) is 5. The molecule has 0 unspecified atom stereocenters. The smallest absolute Gasteiger partial charge is 0.279 e. The third kappa shape index (κ3) is 4.46. The molecule has 1 aromatic heterocycles. The number of fused-ring (bicyclic) bond motifs is 1. The third-order valence-corrected chi connectivity index (χ3v) is 5.16. The van der Waals surface area contributed by atoms with E-state index in [1.807, 2.05) is 13.0 Å². The zero-order valence-corrected chi connectivity index (χ0v) is 18.1. The van der Waals surface area contributed by atoms with Gasteiger partial charge in [0.05, 0.1) is 30.2 Å². The van der Waals surface area contributed by atoms with Gasteiger partial charge in [-0.3, -0.25) is 9.59 Å². The Labute approximate surface area is 191 Å². The summed E-state index contributed by atoms with van der Waals surface area (Å²) in [6.45, 7) is 2.62. The van der Waals surface area contributed by atoms with E-state index in [0.717, 1.165) is 0 Å². The van der Waals surface area contributed by atoms with Gasteiger partial charge in [0.25, 0.3) is 11.5 Å². The number of ether oxygens (including phenoxy) is 1. The molecule has 0 N–H and O–H groups in total. The molecule has 3 aromatic carbocycles. The average molecular weight is 438 g/mol. The highest BCUT2D eigenvalue weighted by Gasteiger charge is 2.24. The maximum Gasteiger partial charge on any atom is 0.279 e. The Kier molecular flexibility index (Phi) is 6.46. The first-order valence-electron chi connectivity index (χ1n) is 10.6. The van der Waals surface area contributed by atoms with Crippen molar-refractivity contribution in [3.05, 3.63) is 94.9 Å². The first-order chi connectivity index (χ1) is 16.1. The van der Waals surface area contributed by atoms with Crippen LogP contribution in [0.5, 0.6) is 5.75 Å². The Morgan fingerprint density at radius 3 is 2.33 bits per heavy atom. The summed E-state index contributed by atoms with van der Waals surface area (Å²) in [6, 6.07) is 25.1. The van der Waals surface area contributed by atoms with Crippen molar-refractivity contribution < 1.29 is 9.53 Å². The molecule has 0 saturated carbocycles. The minimum atomic E-state index is -0.393. The Hall–Kier alpha value is -4.44. The van der Waals surface area contributed by atoms with Gasteiger partial charge in [0.1, 0.15) is 5.75 Å². The van der Waals surface area contributed by atoms with Crippen molar-refractivity contribution in [3.63, 3.8) is 0 Å². The Morgan fingerprint density at radius 2 is 1.67 bits per heavy atom. The van der Waals surface area contributed by atoms with Gasteiger partial charge in [0.15, 0.2) is 5.69 Å². The molecule has 0 bridgehead atoms. The summed E-state index contributed by atoms with van der Waals surface area (Å²) >= 11 is 0. The standard InChI is InChI=1S/C26H22N4O3/c1-2-33-21-15-13-19(14-16-21)29(18-8-17-27)26(32)24-22-11-6-7-12-23(22)25(31)30(28-24)20-9-4-3-5-10-20/h3-7,9-16H,2,8,18H2,1H3. The molecule has 1 amide bonds. The molecule has 0 saturated heterocycles. The van der Waals surface area contributed by atoms with E-state index in [1.165, 1.54) is 9.58 Å². The van der Waals surface area contributed by atoms with Crippen molar-refractivity contribution in [1.82, 2.24) is 9.78 Å². The number of para-hydroxylation sites is 1.